The molecule has 0 aromatic carbocycles. The van der Waals surface area contributed by atoms with Crippen molar-refractivity contribution < 1.29 is 9.90 Å². The first kappa shape index (κ1) is 9.15. The van der Waals surface area contributed by atoms with Gasteiger partial charge < -0.3 is 10.8 Å². The number of carbonyl (C=O) groups is 1. The van der Waals surface area contributed by atoms with Gasteiger partial charge in [-0.05, 0) is 27.6 Å². The number of carboxylic acids is 1. The van der Waals surface area contributed by atoms with Gasteiger partial charge in [-0.3, -0.25) is 4.79 Å². The number of rotatable bonds is 2. The third kappa shape index (κ3) is 2.02. The van der Waals surface area contributed by atoms with Crippen LogP contribution in [0.25, 0.3) is 0 Å². The van der Waals surface area contributed by atoms with E-state index in [-0.39, 0.29) is 0 Å². The van der Waals surface area contributed by atoms with Gasteiger partial charge in [-0.25, -0.2) is 4.98 Å². The Balaban J connectivity index is 2.89. The van der Waals surface area contributed by atoms with Crippen LogP contribution in [0.2, 0.25) is 0 Å². The number of nitrogens with two attached hydrogens (primary N) is 1. The molecule has 3 N–H and O–H groups in total. The Morgan fingerprint density at radius 3 is 2.75 bits per heavy atom. The topological polar surface area (TPSA) is 76.2 Å². The van der Waals surface area contributed by atoms with E-state index in [4.69, 9.17) is 10.8 Å². The number of carboxylic acid groups (broad SMARTS) is 1. The van der Waals surface area contributed by atoms with Crippen molar-refractivity contribution in [2.75, 3.05) is 0 Å². The second kappa shape index (κ2) is 3.64. The van der Waals surface area contributed by atoms with E-state index in [9.17, 15) is 4.79 Å². The van der Waals surface area contributed by atoms with Gasteiger partial charge in [-0.15, -0.1) is 0 Å². The van der Waals surface area contributed by atoms with E-state index in [1.807, 2.05) is 0 Å². The highest BCUT2D eigenvalue weighted by molar-refractivity contribution is 9.10. The van der Waals surface area contributed by atoms with E-state index in [1.165, 1.54) is 6.20 Å². The zero-order valence-electron chi connectivity index (χ0n) is 6.07. The number of hydrogen-bond donors (Lipinski definition) is 2. The number of pyridine rings is 1. The molecule has 5 heteroatoms. The van der Waals surface area contributed by atoms with Gasteiger partial charge in [-0.2, -0.15) is 0 Å². The maximum absolute atomic E-state index is 10.4. The molecule has 0 saturated carbocycles. The average Bonchev–Trinajstić information content (AvgIpc) is 2.04. The Kier molecular flexibility index (Phi) is 2.78. The monoisotopic (exact) mass is 230 g/mol. The molecule has 0 fully saturated rings. The largest absolute Gasteiger partial charge is 0.480 e. The molecule has 0 amide bonds. The molecule has 12 heavy (non-hydrogen) atoms. The van der Waals surface area contributed by atoms with Crippen LogP contribution in [0.5, 0.6) is 0 Å². The van der Waals surface area contributed by atoms with Crippen LogP contribution in [0.3, 0.4) is 0 Å². The molecular formula is C7H7BrN2O2. The van der Waals surface area contributed by atoms with Crippen LogP contribution < -0.4 is 5.73 Å². The first-order valence-corrected chi connectivity index (χ1v) is 4.00. The molecule has 0 aliphatic carbocycles. The van der Waals surface area contributed by atoms with Crippen molar-refractivity contribution in [3.8, 4) is 0 Å². The van der Waals surface area contributed by atoms with Crippen molar-refractivity contribution in [1.82, 2.24) is 4.98 Å². The maximum atomic E-state index is 10.4. The van der Waals surface area contributed by atoms with Crippen LogP contribution in [0.4, 0.5) is 0 Å². The molecular weight excluding hydrogens is 224 g/mol. The summed E-state index contributed by atoms with van der Waals surface area (Å²) in [4.78, 5) is 14.3. The summed E-state index contributed by atoms with van der Waals surface area (Å²) >= 11 is 3.13. The Bertz CT molecular complexity index is 286. The quantitative estimate of drug-likeness (QED) is 0.742. The molecule has 64 valence electrons. The van der Waals surface area contributed by atoms with E-state index in [0.29, 0.717) is 10.2 Å². The van der Waals surface area contributed by atoms with Crippen molar-refractivity contribution in [1.29, 1.82) is 0 Å². The van der Waals surface area contributed by atoms with Crippen molar-refractivity contribution in [3.05, 3.63) is 28.5 Å². The molecule has 0 saturated heterocycles. The molecule has 0 spiro atoms. The van der Waals surface area contributed by atoms with Crippen molar-refractivity contribution in [2.45, 2.75) is 6.04 Å². The van der Waals surface area contributed by atoms with Crippen molar-refractivity contribution in [2.24, 2.45) is 5.73 Å². The van der Waals surface area contributed by atoms with Gasteiger partial charge in [0.25, 0.3) is 0 Å². The predicted molar refractivity (Wildman–Crippen MR) is 46.5 cm³/mol. The number of nitrogens with zero attached hydrogens (tertiary/aromatic N) is 1. The lowest BCUT2D eigenvalue weighted by molar-refractivity contribution is -0.138. The Labute approximate surface area is 77.5 Å². The number of halogens is 1. The van der Waals surface area contributed by atoms with Crippen molar-refractivity contribution in [3.63, 3.8) is 0 Å². The van der Waals surface area contributed by atoms with E-state index < -0.39 is 12.0 Å². The fourth-order valence-electron chi connectivity index (χ4n) is 0.714. The fourth-order valence-corrected chi connectivity index (χ4v) is 0.948. The maximum Gasteiger partial charge on any atom is 0.325 e. The summed E-state index contributed by atoms with van der Waals surface area (Å²) in [5.74, 6) is -1.06. The summed E-state index contributed by atoms with van der Waals surface area (Å²) in [5, 5.41) is 8.54. The molecule has 4 nitrogen and oxygen atoms in total. The highest BCUT2D eigenvalue weighted by atomic mass is 79.9. The number of hydrogen-bond acceptors (Lipinski definition) is 3. The zero-order chi connectivity index (χ0) is 9.14. The molecule has 1 aromatic rings. The predicted octanol–water partition coefficient (Wildman–Crippen LogP) is 0.928. The number of aliphatic carboxylic acids is 1. The smallest absolute Gasteiger partial charge is 0.325 e. The second-order valence-corrected chi connectivity index (χ2v) is 3.04. The van der Waals surface area contributed by atoms with Gasteiger partial charge in [0.1, 0.15) is 10.6 Å². The molecule has 1 heterocycles. The van der Waals surface area contributed by atoms with Crippen LogP contribution >= 0.6 is 15.9 Å². The summed E-state index contributed by atoms with van der Waals surface area (Å²) in [6.45, 7) is 0. The normalized spacial score (nSPS) is 12.5. The molecule has 0 bridgehead atoms. The SMILES string of the molecule is N[C@H](C(=O)O)c1ccc(Br)nc1. The van der Waals surface area contributed by atoms with E-state index in [2.05, 4.69) is 20.9 Å². The molecule has 1 rings (SSSR count). The van der Waals surface area contributed by atoms with Gasteiger partial charge in [-0.1, -0.05) is 6.07 Å². The molecule has 0 unspecified atom stereocenters. The minimum absolute atomic E-state index is 0.491. The summed E-state index contributed by atoms with van der Waals surface area (Å²) in [7, 11) is 0. The Morgan fingerprint density at radius 2 is 2.33 bits per heavy atom. The average molecular weight is 231 g/mol. The minimum Gasteiger partial charge on any atom is -0.480 e. The van der Waals surface area contributed by atoms with E-state index in [0.717, 1.165) is 0 Å². The minimum atomic E-state index is -1.06. The lowest BCUT2D eigenvalue weighted by Crippen LogP contribution is -2.20. The lowest BCUT2D eigenvalue weighted by atomic mass is 10.1. The van der Waals surface area contributed by atoms with Gasteiger partial charge in [0.15, 0.2) is 0 Å². The highest BCUT2D eigenvalue weighted by Crippen LogP contribution is 2.11. The van der Waals surface area contributed by atoms with Crippen molar-refractivity contribution >= 4 is 21.9 Å². The van der Waals surface area contributed by atoms with Gasteiger partial charge in [0.05, 0.1) is 0 Å². The van der Waals surface area contributed by atoms with Gasteiger partial charge in [0.2, 0.25) is 0 Å². The lowest BCUT2D eigenvalue weighted by Gasteiger charge is -2.04. The number of aromatic nitrogens is 1. The van der Waals surface area contributed by atoms with Gasteiger partial charge in [0, 0.05) is 6.20 Å². The standard InChI is InChI=1S/C7H7BrN2O2/c8-5-2-1-4(3-10-5)6(9)7(11)12/h1-3,6H,9H2,(H,11,12)/t6-/m0/s1. The Hall–Kier alpha value is -0.940. The van der Waals surface area contributed by atoms with E-state index in [1.54, 1.807) is 12.1 Å². The summed E-state index contributed by atoms with van der Waals surface area (Å²) in [5.41, 5.74) is 5.82. The molecule has 1 aromatic heterocycles. The fraction of sp³-hybridized carbons (Fsp3) is 0.143. The van der Waals surface area contributed by atoms with Crippen LogP contribution in [0.15, 0.2) is 22.9 Å². The molecule has 0 aliphatic heterocycles. The first-order chi connectivity index (χ1) is 5.61. The third-order valence-electron chi connectivity index (χ3n) is 1.38. The van der Waals surface area contributed by atoms with Crippen LogP contribution in [0, 0.1) is 0 Å². The second-order valence-electron chi connectivity index (χ2n) is 2.23. The summed E-state index contributed by atoms with van der Waals surface area (Å²) in [6.07, 6.45) is 1.43. The van der Waals surface area contributed by atoms with Crippen LogP contribution in [0.1, 0.15) is 11.6 Å². The molecule has 1 atom stereocenters. The highest BCUT2D eigenvalue weighted by Gasteiger charge is 2.13. The molecule has 0 aliphatic rings. The van der Waals surface area contributed by atoms with Gasteiger partial charge >= 0.3 is 5.97 Å². The first-order valence-electron chi connectivity index (χ1n) is 3.21. The Morgan fingerprint density at radius 1 is 1.67 bits per heavy atom. The van der Waals surface area contributed by atoms with E-state index >= 15 is 0 Å². The zero-order valence-corrected chi connectivity index (χ0v) is 7.65. The summed E-state index contributed by atoms with van der Waals surface area (Å²) < 4.78 is 0.656. The van der Waals surface area contributed by atoms with Crippen LogP contribution in [-0.4, -0.2) is 16.1 Å². The summed E-state index contributed by atoms with van der Waals surface area (Å²) in [6, 6.07) is 2.28. The third-order valence-corrected chi connectivity index (χ3v) is 1.84. The van der Waals surface area contributed by atoms with Crippen LogP contribution in [-0.2, 0) is 4.79 Å². The molecule has 0 radical (unpaired) electrons.